The highest BCUT2D eigenvalue weighted by Gasteiger charge is 2.19. The Balaban J connectivity index is 1.83. The number of carbonyl (C=O) groups excluding carboxylic acids is 3. The summed E-state index contributed by atoms with van der Waals surface area (Å²) < 4.78 is 20.3. The zero-order valence-corrected chi connectivity index (χ0v) is 16.7. The third-order valence-electron chi connectivity index (χ3n) is 3.88. The molecule has 2 aromatic carbocycles. The van der Waals surface area contributed by atoms with Crippen LogP contribution in [0.5, 0.6) is 11.5 Å². The number of carbonyl (C=O) groups is 3. The van der Waals surface area contributed by atoms with Crippen LogP contribution in [0, 0.1) is 0 Å². The highest BCUT2D eigenvalue weighted by molar-refractivity contribution is 6.17. The summed E-state index contributed by atoms with van der Waals surface area (Å²) in [6, 6.07) is 13.7. The van der Waals surface area contributed by atoms with Crippen molar-refractivity contribution in [2.75, 3.05) is 27.4 Å². The summed E-state index contributed by atoms with van der Waals surface area (Å²) in [6.07, 6.45) is 5.81. The molecule has 0 fully saturated rings. The number of hydrogen-bond donors (Lipinski definition) is 0. The highest BCUT2D eigenvalue weighted by atomic mass is 16.5. The van der Waals surface area contributed by atoms with Crippen molar-refractivity contribution >= 4 is 24.3 Å². The molecule has 156 valence electrons. The summed E-state index contributed by atoms with van der Waals surface area (Å²) in [6.45, 7) is 0.718. The molecule has 0 saturated heterocycles. The normalized spacial score (nSPS) is 10.2. The highest BCUT2D eigenvalue weighted by Crippen LogP contribution is 2.16. The topological polar surface area (TPSA) is 88.1 Å². The quantitative estimate of drug-likeness (QED) is 0.148. The summed E-state index contributed by atoms with van der Waals surface area (Å²) >= 11 is 0. The molecule has 0 radical (unpaired) electrons. The van der Waals surface area contributed by atoms with Crippen LogP contribution in [0.15, 0.2) is 66.3 Å². The van der Waals surface area contributed by atoms with Crippen LogP contribution in [0.3, 0.4) is 0 Å². The first-order valence-corrected chi connectivity index (χ1v) is 9.01. The van der Waals surface area contributed by atoms with Gasteiger partial charge in [-0.1, -0.05) is 12.1 Å². The van der Waals surface area contributed by atoms with Crippen molar-refractivity contribution in [3.05, 3.63) is 77.4 Å². The molecule has 0 aliphatic rings. The Kier molecular flexibility index (Phi) is 8.86. The molecular formula is C23H22O7. The van der Waals surface area contributed by atoms with Gasteiger partial charge in [0.1, 0.15) is 36.6 Å². The van der Waals surface area contributed by atoms with E-state index in [-0.39, 0.29) is 5.57 Å². The molecule has 7 heteroatoms. The lowest BCUT2D eigenvalue weighted by molar-refractivity contribution is -0.143. The third-order valence-corrected chi connectivity index (χ3v) is 3.88. The molecule has 0 N–H and O–H groups in total. The first kappa shape index (κ1) is 22.4. The van der Waals surface area contributed by atoms with Gasteiger partial charge in [0.25, 0.3) is 0 Å². The number of rotatable bonds is 10. The largest absolute Gasteiger partial charge is 0.490 e. The van der Waals surface area contributed by atoms with Gasteiger partial charge in [-0.05, 0) is 60.2 Å². The van der Waals surface area contributed by atoms with Crippen LogP contribution < -0.4 is 9.47 Å². The van der Waals surface area contributed by atoms with E-state index < -0.39 is 11.9 Å². The molecule has 2 rings (SSSR count). The Morgan fingerprint density at radius 1 is 0.733 bits per heavy atom. The van der Waals surface area contributed by atoms with Crippen LogP contribution in [-0.2, 0) is 19.1 Å². The minimum absolute atomic E-state index is 0.197. The Morgan fingerprint density at radius 2 is 1.17 bits per heavy atom. The van der Waals surface area contributed by atoms with E-state index in [0.717, 1.165) is 6.29 Å². The van der Waals surface area contributed by atoms with Crippen LogP contribution in [-0.4, -0.2) is 45.7 Å². The molecule has 2 aromatic rings. The fraction of sp³-hybridized carbons (Fsp3) is 0.174. The smallest absolute Gasteiger partial charge is 0.345 e. The van der Waals surface area contributed by atoms with Gasteiger partial charge in [-0.15, -0.1) is 0 Å². The molecule has 0 amide bonds. The summed E-state index contributed by atoms with van der Waals surface area (Å²) in [4.78, 5) is 34.0. The lowest BCUT2D eigenvalue weighted by atomic mass is 10.1. The lowest BCUT2D eigenvalue weighted by Gasteiger charge is -2.06. The minimum atomic E-state index is -0.769. The molecule has 0 saturated carbocycles. The van der Waals surface area contributed by atoms with Crippen molar-refractivity contribution in [1.29, 1.82) is 0 Å². The maximum Gasteiger partial charge on any atom is 0.345 e. The molecule has 0 aromatic heterocycles. The van der Waals surface area contributed by atoms with Gasteiger partial charge in [-0.25, -0.2) is 9.59 Å². The second kappa shape index (κ2) is 11.9. The average Bonchev–Trinajstić information content (AvgIpc) is 2.80. The Hall–Kier alpha value is -3.87. The van der Waals surface area contributed by atoms with Crippen molar-refractivity contribution < 1.29 is 33.3 Å². The van der Waals surface area contributed by atoms with E-state index in [0.29, 0.717) is 35.8 Å². The number of methoxy groups -OCH3 is 2. The van der Waals surface area contributed by atoms with Gasteiger partial charge in [-0.2, -0.15) is 0 Å². The maximum atomic E-state index is 11.7. The third kappa shape index (κ3) is 6.94. The van der Waals surface area contributed by atoms with Gasteiger partial charge in [0.05, 0.1) is 14.2 Å². The zero-order chi connectivity index (χ0) is 21.8. The van der Waals surface area contributed by atoms with Crippen molar-refractivity contribution in [1.82, 2.24) is 0 Å². The summed E-state index contributed by atoms with van der Waals surface area (Å²) in [5.41, 5.74) is 1.02. The number of hydrogen-bond acceptors (Lipinski definition) is 7. The molecule has 30 heavy (non-hydrogen) atoms. The van der Waals surface area contributed by atoms with Gasteiger partial charge < -0.3 is 18.9 Å². The molecule has 0 unspecified atom stereocenters. The molecule has 0 aliphatic carbocycles. The van der Waals surface area contributed by atoms with Crippen LogP contribution in [0.1, 0.15) is 15.9 Å². The Bertz CT molecular complexity index is 892. The molecule has 0 bridgehead atoms. The summed E-state index contributed by atoms with van der Waals surface area (Å²) in [5, 5.41) is 0. The lowest BCUT2D eigenvalue weighted by Crippen LogP contribution is -2.15. The van der Waals surface area contributed by atoms with E-state index in [1.807, 2.05) is 12.2 Å². The number of aldehydes is 1. The fourth-order valence-corrected chi connectivity index (χ4v) is 2.32. The van der Waals surface area contributed by atoms with E-state index in [2.05, 4.69) is 9.47 Å². The van der Waals surface area contributed by atoms with Crippen molar-refractivity contribution in [2.45, 2.75) is 0 Å². The second-order valence-electron chi connectivity index (χ2n) is 5.89. The molecule has 0 atom stereocenters. The molecule has 0 spiro atoms. The molecule has 7 nitrogen and oxygen atoms in total. The predicted molar refractivity (Wildman–Crippen MR) is 110 cm³/mol. The number of ether oxygens (including phenoxy) is 4. The Labute approximate surface area is 174 Å². The average molecular weight is 410 g/mol. The monoisotopic (exact) mass is 410 g/mol. The maximum absolute atomic E-state index is 11.7. The van der Waals surface area contributed by atoms with E-state index in [1.54, 1.807) is 48.5 Å². The van der Waals surface area contributed by atoms with Gasteiger partial charge in [-0.3, -0.25) is 4.79 Å². The summed E-state index contributed by atoms with van der Waals surface area (Å²) in [5.74, 6) is -0.239. The van der Waals surface area contributed by atoms with Crippen molar-refractivity contribution in [2.24, 2.45) is 0 Å². The second-order valence-corrected chi connectivity index (χ2v) is 5.89. The van der Waals surface area contributed by atoms with Gasteiger partial charge in [0.2, 0.25) is 0 Å². The van der Waals surface area contributed by atoms with E-state index >= 15 is 0 Å². The van der Waals surface area contributed by atoms with E-state index in [1.165, 1.54) is 20.3 Å². The van der Waals surface area contributed by atoms with Crippen molar-refractivity contribution in [3.8, 4) is 11.5 Å². The fourth-order valence-electron chi connectivity index (χ4n) is 2.32. The molecule has 0 aliphatic heterocycles. The molecular weight excluding hydrogens is 388 g/mol. The van der Waals surface area contributed by atoms with Crippen LogP contribution >= 0.6 is 0 Å². The number of esters is 2. The SMILES string of the molecule is COC(=O)C(=Cc1ccc(OC/C=C\COc2ccc(C=O)cc2)cc1)C(=O)OC. The first-order chi connectivity index (χ1) is 14.6. The van der Waals surface area contributed by atoms with Crippen LogP contribution in [0.25, 0.3) is 6.08 Å². The number of benzene rings is 2. The van der Waals surface area contributed by atoms with Crippen LogP contribution in [0.2, 0.25) is 0 Å². The van der Waals surface area contributed by atoms with Crippen molar-refractivity contribution in [3.63, 3.8) is 0 Å². The van der Waals surface area contributed by atoms with Gasteiger partial charge >= 0.3 is 11.9 Å². The van der Waals surface area contributed by atoms with E-state index in [4.69, 9.17) is 9.47 Å². The Morgan fingerprint density at radius 3 is 1.57 bits per heavy atom. The van der Waals surface area contributed by atoms with Gasteiger partial charge in [0.15, 0.2) is 0 Å². The first-order valence-electron chi connectivity index (χ1n) is 9.01. The van der Waals surface area contributed by atoms with Gasteiger partial charge in [0, 0.05) is 5.56 Å². The minimum Gasteiger partial charge on any atom is -0.490 e. The summed E-state index contributed by atoms with van der Waals surface area (Å²) in [7, 11) is 2.38. The zero-order valence-electron chi connectivity index (χ0n) is 16.7. The van der Waals surface area contributed by atoms with E-state index in [9.17, 15) is 14.4 Å². The molecule has 0 heterocycles. The van der Waals surface area contributed by atoms with Crippen LogP contribution in [0.4, 0.5) is 0 Å². The standard InChI is InChI=1S/C23H22O7/c1-27-22(25)21(23(26)28-2)15-17-5-9-19(10-6-17)29-13-3-4-14-30-20-11-7-18(16-24)8-12-20/h3-12,15-16H,13-14H2,1-2H3/b4-3-. The predicted octanol–water partition coefficient (Wildman–Crippen LogP) is 3.24.